The predicted octanol–water partition coefficient (Wildman–Crippen LogP) is 3.43. The number of carbonyl (C=O) groups excluding carboxylic acids is 1. The molecule has 0 aliphatic carbocycles. The second-order valence-electron chi connectivity index (χ2n) is 4.42. The SMILES string of the molecule is CCOC(=O)COc1ccc(Oc2ccc(F)cc2C#N)cc1. The Bertz CT molecular complexity index is 722. The number of rotatable bonds is 6. The van der Waals surface area contributed by atoms with Gasteiger partial charge in [-0.25, -0.2) is 9.18 Å². The second-order valence-corrected chi connectivity index (χ2v) is 4.42. The zero-order valence-electron chi connectivity index (χ0n) is 12.4. The van der Waals surface area contributed by atoms with Gasteiger partial charge in [0, 0.05) is 0 Å². The molecular weight excluding hydrogens is 301 g/mol. The summed E-state index contributed by atoms with van der Waals surface area (Å²) in [6.45, 7) is 1.84. The van der Waals surface area contributed by atoms with E-state index in [1.165, 1.54) is 12.1 Å². The number of ether oxygens (including phenoxy) is 3. The van der Waals surface area contributed by atoms with Crippen LogP contribution < -0.4 is 9.47 Å². The van der Waals surface area contributed by atoms with Crippen molar-refractivity contribution in [3.05, 3.63) is 53.8 Å². The van der Waals surface area contributed by atoms with Gasteiger partial charge in [-0.15, -0.1) is 0 Å². The normalized spacial score (nSPS) is 9.78. The molecule has 0 unspecified atom stereocenters. The lowest BCUT2D eigenvalue weighted by atomic mass is 10.2. The third-order valence-corrected chi connectivity index (χ3v) is 2.78. The van der Waals surface area contributed by atoms with Crippen molar-refractivity contribution in [1.82, 2.24) is 0 Å². The van der Waals surface area contributed by atoms with Crippen LogP contribution in [0.3, 0.4) is 0 Å². The minimum atomic E-state index is -0.503. The molecule has 2 rings (SSSR count). The van der Waals surface area contributed by atoms with Gasteiger partial charge in [0.2, 0.25) is 0 Å². The Morgan fingerprint density at radius 2 is 1.87 bits per heavy atom. The summed E-state index contributed by atoms with van der Waals surface area (Å²) in [6, 6.07) is 12.0. The molecule has 0 bridgehead atoms. The summed E-state index contributed by atoms with van der Waals surface area (Å²) < 4.78 is 28.6. The van der Waals surface area contributed by atoms with E-state index in [0.717, 1.165) is 6.07 Å². The number of halogens is 1. The lowest BCUT2D eigenvalue weighted by Gasteiger charge is -2.09. The Morgan fingerprint density at radius 3 is 2.52 bits per heavy atom. The molecule has 0 heterocycles. The number of nitrogens with zero attached hydrogens (tertiary/aromatic N) is 1. The van der Waals surface area contributed by atoms with Crippen molar-refractivity contribution in [2.24, 2.45) is 0 Å². The third-order valence-electron chi connectivity index (χ3n) is 2.78. The van der Waals surface area contributed by atoms with E-state index in [0.29, 0.717) is 18.1 Å². The fourth-order valence-electron chi connectivity index (χ4n) is 1.75. The van der Waals surface area contributed by atoms with Crippen molar-refractivity contribution < 1.29 is 23.4 Å². The van der Waals surface area contributed by atoms with Crippen LogP contribution in [-0.2, 0) is 9.53 Å². The quantitative estimate of drug-likeness (QED) is 0.764. The smallest absolute Gasteiger partial charge is 0.344 e. The van der Waals surface area contributed by atoms with E-state index in [1.807, 2.05) is 6.07 Å². The second kappa shape index (κ2) is 7.80. The molecule has 0 saturated heterocycles. The fourth-order valence-corrected chi connectivity index (χ4v) is 1.75. The zero-order valence-corrected chi connectivity index (χ0v) is 12.4. The maximum Gasteiger partial charge on any atom is 0.344 e. The summed E-state index contributed by atoms with van der Waals surface area (Å²) in [4.78, 5) is 11.2. The van der Waals surface area contributed by atoms with Crippen LogP contribution in [-0.4, -0.2) is 19.2 Å². The molecule has 2 aromatic rings. The highest BCUT2D eigenvalue weighted by Gasteiger charge is 2.07. The largest absolute Gasteiger partial charge is 0.482 e. The van der Waals surface area contributed by atoms with Crippen molar-refractivity contribution in [3.8, 4) is 23.3 Å². The number of nitriles is 1. The molecule has 118 valence electrons. The number of hydrogen-bond donors (Lipinski definition) is 0. The Kier molecular flexibility index (Phi) is 5.53. The van der Waals surface area contributed by atoms with Gasteiger partial charge < -0.3 is 14.2 Å². The van der Waals surface area contributed by atoms with Gasteiger partial charge in [-0.2, -0.15) is 5.26 Å². The molecule has 5 nitrogen and oxygen atoms in total. The maximum absolute atomic E-state index is 13.1. The fraction of sp³-hybridized carbons (Fsp3) is 0.176. The van der Waals surface area contributed by atoms with Gasteiger partial charge >= 0.3 is 5.97 Å². The van der Waals surface area contributed by atoms with Gasteiger partial charge in [-0.1, -0.05) is 0 Å². The van der Waals surface area contributed by atoms with Gasteiger partial charge in [-0.05, 0) is 49.4 Å². The summed E-state index contributed by atoms with van der Waals surface area (Å²) in [5.74, 6) is 0.241. The zero-order chi connectivity index (χ0) is 16.7. The van der Waals surface area contributed by atoms with Gasteiger partial charge in [0.05, 0.1) is 12.2 Å². The first-order valence-electron chi connectivity index (χ1n) is 6.88. The number of benzene rings is 2. The van der Waals surface area contributed by atoms with E-state index in [4.69, 9.17) is 19.5 Å². The van der Waals surface area contributed by atoms with Crippen LogP contribution in [0, 0.1) is 17.1 Å². The first-order chi connectivity index (χ1) is 11.1. The molecule has 6 heteroatoms. The van der Waals surface area contributed by atoms with Crippen LogP contribution in [0.25, 0.3) is 0 Å². The summed E-state index contributed by atoms with van der Waals surface area (Å²) in [7, 11) is 0. The minimum absolute atomic E-state index is 0.104. The van der Waals surface area contributed by atoms with E-state index in [-0.39, 0.29) is 17.9 Å². The molecule has 0 N–H and O–H groups in total. The van der Waals surface area contributed by atoms with Gasteiger partial charge in [0.25, 0.3) is 0 Å². The monoisotopic (exact) mass is 315 g/mol. The average Bonchev–Trinajstić information content (AvgIpc) is 2.56. The molecule has 0 radical (unpaired) electrons. The Morgan fingerprint density at radius 1 is 1.17 bits per heavy atom. The first-order valence-corrected chi connectivity index (χ1v) is 6.88. The lowest BCUT2D eigenvalue weighted by molar-refractivity contribution is -0.145. The van der Waals surface area contributed by atoms with Crippen LogP contribution in [0.5, 0.6) is 17.2 Å². The highest BCUT2D eigenvalue weighted by molar-refractivity contribution is 5.71. The van der Waals surface area contributed by atoms with Crippen molar-refractivity contribution in [1.29, 1.82) is 5.26 Å². The van der Waals surface area contributed by atoms with Gasteiger partial charge in [0.1, 0.15) is 29.1 Å². The molecule has 0 atom stereocenters. The van der Waals surface area contributed by atoms with E-state index >= 15 is 0 Å². The minimum Gasteiger partial charge on any atom is -0.482 e. The van der Waals surface area contributed by atoms with Crippen molar-refractivity contribution >= 4 is 5.97 Å². The molecule has 0 fully saturated rings. The standard InChI is InChI=1S/C17H14FNO4/c1-2-21-17(20)11-22-14-4-6-15(7-5-14)23-16-8-3-13(18)9-12(16)10-19/h3-9H,2,11H2,1H3. The van der Waals surface area contributed by atoms with E-state index < -0.39 is 11.8 Å². The average molecular weight is 315 g/mol. The highest BCUT2D eigenvalue weighted by Crippen LogP contribution is 2.27. The predicted molar refractivity (Wildman–Crippen MR) is 79.8 cm³/mol. The van der Waals surface area contributed by atoms with E-state index in [9.17, 15) is 9.18 Å². The van der Waals surface area contributed by atoms with Crippen LogP contribution in [0.1, 0.15) is 12.5 Å². The van der Waals surface area contributed by atoms with Gasteiger partial charge in [0.15, 0.2) is 6.61 Å². The Balaban J connectivity index is 2.00. The molecular formula is C17H14FNO4. The van der Waals surface area contributed by atoms with Crippen molar-refractivity contribution in [2.75, 3.05) is 13.2 Å². The highest BCUT2D eigenvalue weighted by atomic mass is 19.1. The number of hydrogen-bond acceptors (Lipinski definition) is 5. The number of esters is 1. The summed E-state index contributed by atoms with van der Waals surface area (Å²) in [5.41, 5.74) is 0.104. The Labute approximate surface area is 132 Å². The maximum atomic E-state index is 13.1. The lowest BCUT2D eigenvalue weighted by Crippen LogP contribution is -2.14. The van der Waals surface area contributed by atoms with Crippen molar-refractivity contribution in [2.45, 2.75) is 6.92 Å². The molecule has 0 aromatic heterocycles. The van der Waals surface area contributed by atoms with Crippen molar-refractivity contribution in [3.63, 3.8) is 0 Å². The molecule has 0 aliphatic heterocycles. The molecule has 2 aromatic carbocycles. The van der Waals surface area contributed by atoms with E-state index in [1.54, 1.807) is 31.2 Å². The van der Waals surface area contributed by atoms with Crippen LogP contribution in [0.2, 0.25) is 0 Å². The summed E-state index contributed by atoms with van der Waals surface area (Å²) in [6.07, 6.45) is 0. The first kappa shape index (κ1) is 16.3. The summed E-state index contributed by atoms with van der Waals surface area (Å²) in [5, 5.41) is 8.97. The third kappa shape index (κ3) is 4.71. The molecule has 0 saturated carbocycles. The molecule has 23 heavy (non-hydrogen) atoms. The number of carbonyl (C=O) groups is 1. The van der Waals surface area contributed by atoms with Crippen LogP contribution in [0.15, 0.2) is 42.5 Å². The van der Waals surface area contributed by atoms with Gasteiger partial charge in [-0.3, -0.25) is 0 Å². The molecule has 0 aliphatic rings. The topological polar surface area (TPSA) is 68.6 Å². The van der Waals surface area contributed by atoms with Crippen LogP contribution >= 0.6 is 0 Å². The van der Waals surface area contributed by atoms with E-state index in [2.05, 4.69) is 0 Å². The Hall–Kier alpha value is -3.07. The summed E-state index contributed by atoms with van der Waals surface area (Å²) >= 11 is 0. The molecule has 0 amide bonds. The molecule has 0 spiro atoms. The van der Waals surface area contributed by atoms with Crippen LogP contribution in [0.4, 0.5) is 4.39 Å².